The lowest BCUT2D eigenvalue weighted by Gasteiger charge is -2.50. The van der Waals surface area contributed by atoms with E-state index in [-0.39, 0.29) is 10.8 Å². The Morgan fingerprint density at radius 3 is 1.98 bits per heavy atom. The van der Waals surface area contributed by atoms with Crippen LogP contribution in [-0.4, -0.2) is 4.57 Å². The van der Waals surface area contributed by atoms with E-state index in [1.807, 2.05) is 0 Å². The number of nitrogens with zero attached hydrogens (tertiary/aromatic N) is 2. The molecule has 0 saturated heterocycles. The van der Waals surface area contributed by atoms with Crippen LogP contribution in [0.25, 0.3) is 49.7 Å². The number of hydrogen-bond acceptors (Lipinski definition) is 1. The molecular formula is C57H48N2. The molecule has 286 valence electrons. The molecule has 1 aromatic heterocycles. The maximum atomic E-state index is 2.62. The number of benzene rings is 7. The van der Waals surface area contributed by atoms with E-state index in [4.69, 9.17) is 0 Å². The van der Waals surface area contributed by atoms with Crippen LogP contribution in [0.5, 0.6) is 0 Å². The second-order valence-corrected chi connectivity index (χ2v) is 19.6. The van der Waals surface area contributed by atoms with E-state index in [1.54, 1.807) is 11.1 Å². The molecule has 2 heteroatoms. The molecule has 6 unspecified atom stereocenters. The van der Waals surface area contributed by atoms with E-state index in [0.717, 1.165) is 35.5 Å². The van der Waals surface area contributed by atoms with Gasteiger partial charge < -0.3 is 9.47 Å². The quantitative estimate of drug-likeness (QED) is 0.173. The Morgan fingerprint density at radius 2 is 1.19 bits per heavy atom. The summed E-state index contributed by atoms with van der Waals surface area (Å²) in [5.74, 6) is 5.22. The summed E-state index contributed by atoms with van der Waals surface area (Å²) >= 11 is 0. The number of hydrogen-bond donors (Lipinski definition) is 0. The topological polar surface area (TPSA) is 8.17 Å². The maximum Gasteiger partial charge on any atom is 0.0543 e. The van der Waals surface area contributed by atoms with Crippen LogP contribution in [0.4, 0.5) is 17.1 Å². The van der Waals surface area contributed by atoms with Crippen molar-refractivity contribution in [2.45, 2.75) is 56.8 Å². The van der Waals surface area contributed by atoms with E-state index in [2.05, 4.69) is 181 Å². The van der Waals surface area contributed by atoms with Gasteiger partial charge >= 0.3 is 0 Å². The minimum atomic E-state index is -0.0945. The first-order chi connectivity index (χ1) is 29.0. The average molecular weight is 761 g/mol. The highest BCUT2D eigenvalue weighted by Crippen LogP contribution is 2.76. The van der Waals surface area contributed by atoms with E-state index < -0.39 is 0 Å². The van der Waals surface area contributed by atoms with Crippen molar-refractivity contribution in [3.8, 4) is 27.9 Å². The summed E-state index contributed by atoms with van der Waals surface area (Å²) in [5, 5.41) is 2.59. The SMILES string of the molecule is CC1(C)c2ccccc2-c2ccc(N(c3ccc(-n4c5ccccc5c5ccccc54)cc3)c3cccc4c3-c3ccccc3C43C4CC5CC6CC[C@@H]3CC5C64)cc21. The molecule has 6 bridgehead atoms. The van der Waals surface area contributed by atoms with E-state index in [9.17, 15) is 0 Å². The van der Waals surface area contributed by atoms with Crippen LogP contribution >= 0.6 is 0 Å². The number of aromatic nitrogens is 1. The van der Waals surface area contributed by atoms with Gasteiger partial charge in [-0.2, -0.15) is 0 Å². The molecule has 2 nitrogen and oxygen atoms in total. The smallest absolute Gasteiger partial charge is 0.0543 e. The van der Waals surface area contributed by atoms with Crippen LogP contribution in [0, 0.1) is 35.5 Å². The van der Waals surface area contributed by atoms with E-state index in [1.165, 1.54) is 110 Å². The van der Waals surface area contributed by atoms with Crippen LogP contribution in [0.15, 0.2) is 158 Å². The van der Waals surface area contributed by atoms with Gasteiger partial charge in [-0.25, -0.2) is 0 Å². The lowest BCUT2D eigenvalue weighted by molar-refractivity contribution is 0.0924. The van der Waals surface area contributed by atoms with Crippen molar-refractivity contribution in [2.24, 2.45) is 35.5 Å². The third-order valence-electron chi connectivity index (χ3n) is 17.1. The van der Waals surface area contributed by atoms with E-state index >= 15 is 0 Å². The van der Waals surface area contributed by atoms with Gasteiger partial charge in [0.1, 0.15) is 0 Å². The van der Waals surface area contributed by atoms with Gasteiger partial charge in [-0.1, -0.05) is 117 Å². The van der Waals surface area contributed by atoms with Gasteiger partial charge in [0, 0.05) is 44.2 Å². The Labute approximate surface area is 347 Å². The Hall–Kier alpha value is -5.86. The summed E-state index contributed by atoms with van der Waals surface area (Å²) in [5.41, 5.74) is 19.2. The third kappa shape index (κ3) is 4.04. The summed E-state index contributed by atoms with van der Waals surface area (Å²) in [7, 11) is 0. The summed E-state index contributed by atoms with van der Waals surface area (Å²) in [4.78, 5) is 2.62. The first-order valence-corrected chi connectivity index (χ1v) is 22.4. The molecule has 8 aromatic rings. The first-order valence-electron chi connectivity index (χ1n) is 22.4. The van der Waals surface area contributed by atoms with Crippen LogP contribution < -0.4 is 4.90 Å². The minimum Gasteiger partial charge on any atom is -0.310 e. The fourth-order valence-electron chi connectivity index (χ4n) is 15.1. The number of fused-ring (bicyclic) bond motifs is 10. The number of para-hydroxylation sites is 2. The van der Waals surface area contributed by atoms with Crippen molar-refractivity contribution in [1.29, 1.82) is 0 Å². The highest BCUT2D eigenvalue weighted by atomic mass is 15.1. The summed E-state index contributed by atoms with van der Waals surface area (Å²) < 4.78 is 2.44. The van der Waals surface area contributed by atoms with Crippen molar-refractivity contribution in [3.05, 3.63) is 180 Å². The molecule has 1 spiro atoms. The number of rotatable bonds is 4. The fourth-order valence-corrected chi connectivity index (χ4v) is 15.1. The standard InChI is InChI=1S/C57H48N2/c1-56(2)46-16-7-3-12-40(46)41-29-28-39(33-49(41)56)58(37-24-26-38(27-25-37)59-51-19-9-5-13-42(51)43-14-6-10-20-52(43)59)53-21-11-18-48-55(53)44-15-4-8-17-47(44)57(48)36-23-22-34-30-35-31-50(57)54(34)45(35)32-36/h3-21,24-29,33-36,45,50,54H,22-23,30-32H2,1-2H3/t34?,35?,36-,45?,50?,54?,57?/m1/s1. The minimum absolute atomic E-state index is 0.0945. The molecule has 5 fully saturated rings. The molecule has 0 aliphatic heterocycles. The highest BCUT2D eigenvalue weighted by Gasteiger charge is 2.69. The molecule has 7 aliphatic carbocycles. The second-order valence-electron chi connectivity index (χ2n) is 19.6. The van der Waals surface area contributed by atoms with Crippen LogP contribution in [-0.2, 0) is 10.8 Å². The summed E-state index contributed by atoms with van der Waals surface area (Å²) in [6.45, 7) is 4.82. The van der Waals surface area contributed by atoms with Crippen LogP contribution in [0.2, 0.25) is 0 Å². The van der Waals surface area contributed by atoms with Crippen LogP contribution in [0.3, 0.4) is 0 Å². The van der Waals surface area contributed by atoms with Crippen molar-refractivity contribution in [3.63, 3.8) is 0 Å². The lowest BCUT2D eigenvalue weighted by atomic mass is 9.53. The Balaban J connectivity index is 0.997. The largest absolute Gasteiger partial charge is 0.310 e. The first kappa shape index (κ1) is 33.0. The summed E-state index contributed by atoms with van der Waals surface area (Å²) in [6.07, 6.45) is 7.17. The molecule has 5 saturated carbocycles. The third-order valence-corrected chi connectivity index (χ3v) is 17.1. The Morgan fingerprint density at radius 1 is 0.525 bits per heavy atom. The van der Waals surface area contributed by atoms with Gasteiger partial charge in [-0.15, -0.1) is 0 Å². The van der Waals surface area contributed by atoms with Gasteiger partial charge in [0.25, 0.3) is 0 Å². The van der Waals surface area contributed by atoms with Gasteiger partial charge in [0.15, 0.2) is 0 Å². The fraction of sp³-hybridized carbons (Fsp3) is 0.263. The summed E-state index contributed by atoms with van der Waals surface area (Å²) in [6, 6.07) is 60.6. The molecule has 7 aliphatic rings. The molecule has 15 rings (SSSR count). The van der Waals surface area contributed by atoms with Gasteiger partial charge in [-0.05, 0) is 161 Å². The average Bonchev–Trinajstić information content (AvgIpc) is 3.97. The van der Waals surface area contributed by atoms with Gasteiger partial charge in [0.05, 0.1) is 16.7 Å². The lowest BCUT2D eigenvalue weighted by Crippen LogP contribution is -2.47. The molecule has 0 amide bonds. The van der Waals surface area contributed by atoms with Gasteiger partial charge in [0.2, 0.25) is 0 Å². The normalized spacial score (nSPS) is 27.0. The van der Waals surface area contributed by atoms with Crippen LogP contribution in [0.1, 0.15) is 68.2 Å². The maximum absolute atomic E-state index is 2.62. The predicted octanol–water partition coefficient (Wildman–Crippen LogP) is 14.5. The Bertz CT molecular complexity index is 3020. The van der Waals surface area contributed by atoms with Crippen molar-refractivity contribution in [2.75, 3.05) is 4.90 Å². The molecule has 0 radical (unpaired) electrons. The van der Waals surface area contributed by atoms with Crippen molar-refractivity contribution in [1.82, 2.24) is 4.57 Å². The zero-order chi connectivity index (χ0) is 38.8. The molecule has 7 atom stereocenters. The van der Waals surface area contributed by atoms with Crippen molar-refractivity contribution >= 4 is 38.9 Å². The zero-order valence-electron chi connectivity index (χ0n) is 33.9. The molecule has 0 N–H and O–H groups in total. The molecule has 7 aromatic carbocycles. The molecule has 59 heavy (non-hydrogen) atoms. The van der Waals surface area contributed by atoms with Crippen molar-refractivity contribution < 1.29 is 0 Å². The molecular weight excluding hydrogens is 713 g/mol. The predicted molar refractivity (Wildman–Crippen MR) is 243 cm³/mol. The van der Waals surface area contributed by atoms with Gasteiger partial charge in [-0.3, -0.25) is 0 Å². The zero-order valence-corrected chi connectivity index (χ0v) is 33.9. The Kier molecular flexibility index (Phi) is 6.41. The second kappa shape index (κ2) is 11.4. The highest BCUT2D eigenvalue weighted by molar-refractivity contribution is 6.09. The molecule has 1 heterocycles. The number of anilines is 3. The monoisotopic (exact) mass is 760 g/mol. The van der Waals surface area contributed by atoms with E-state index in [0.29, 0.717) is 0 Å².